The van der Waals surface area contributed by atoms with Gasteiger partial charge in [-0.25, -0.2) is 13.6 Å². The zero-order valence-electron chi connectivity index (χ0n) is 11.5. The fraction of sp³-hybridized carbons (Fsp3) is 0.500. The van der Waals surface area contributed by atoms with Crippen LogP contribution in [-0.2, 0) is 14.8 Å². The number of para-hydroxylation sites is 1. The van der Waals surface area contributed by atoms with Gasteiger partial charge in [0.25, 0.3) is 0 Å². The second-order valence-electron chi connectivity index (χ2n) is 4.97. The molecule has 2 atom stereocenters. The van der Waals surface area contributed by atoms with Crippen molar-refractivity contribution in [3.63, 3.8) is 0 Å². The summed E-state index contributed by atoms with van der Waals surface area (Å²) in [7, 11) is -2.53. The van der Waals surface area contributed by atoms with Crippen LogP contribution in [0, 0.1) is 10.1 Å². The lowest BCUT2D eigenvalue weighted by Crippen LogP contribution is -2.20. The molecule has 1 saturated carbocycles. The number of primary sulfonamides is 1. The van der Waals surface area contributed by atoms with E-state index in [1.165, 1.54) is 12.1 Å². The maximum atomic E-state index is 11.5. The highest BCUT2D eigenvalue weighted by molar-refractivity contribution is 7.89. The van der Waals surface area contributed by atoms with Crippen LogP contribution in [0.25, 0.3) is 0 Å². The number of nitro benzene ring substituents is 1. The Balaban J connectivity index is 2.34. The van der Waals surface area contributed by atoms with Crippen molar-refractivity contribution in [2.75, 3.05) is 12.4 Å². The Morgan fingerprint density at radius 3 is 2.67 bits per heavy atom. The number of nitrogens with one attached hydrogen (secondary N) is 1. The van der Waals surface area contributed by atoms with Crippen LogP contribution in [0.3, 0.4) is 0 Å². The molecule has 0 bridgehead atoms. The molecule has 1 aromatic carbocycles. The minimum atomic E-state index is -4.16. The monoisotopic (exact) mass is 315 g/mol. The van der Waals surface area contributed by atoms with Crippen LogP contribution in [0.5, 0.6) is 0 Å². The van der Waals surface area contributed by atoms with Crippen LogP contribution in [0.1, 0.15) is 19.3 Å². The number of sulfonamides is 1. The van der Waals surface area contributed by atoms with E-state index in [4.69, 9.17) is 9.88 Å². The third-order valence-corrected chi connectivity index (χ3v) is 4.51. The topological polar surface area (TPSA) is 125 Å². The fourth-order valence-electron chi connectivity index (χ4n) is 2.56. The summed E-state index contributed by atoms with van der Waals surface area (Å²) in [5.41, 5.74) is -0.353. The van der Waals surface area contributed by atoms with E-state index in [0.29, 0.717) is 6.42 Å². The van der Waals surface area contributed by atoms with Gasteiger partial charge in [-0.3, -0.25) is 10.1 Å². The quantitative estimate of drug-likeness (QED) is 0.621. The fourth-order valence-corrected chi connectivity index (χ4v) is 3.28. The molecule has 0 heterocycles. The zero-order valence-corrected chi connectivity index (χ0v) is 12.3. The van der Waals surface area contributed by atoms with Crippen LogP contribution in [0.2, 0.25) is 0 Å². The molecule has 0 saturated heterocycles. The molecule has 1 aliphatic carbocycles. The Morgan fingerprint density at radius 1 is 1.43 bits per heavy atom. The first-order valence-corrected chi connectivity index (χ1v) is 7.97. The van der Waals surface area contributed by atoms with Crippen molar-refractivity contribution in [2.24, 2.45) is 5.14 Å². The first-order valence-electron chi connectivity index (χ1n) is 6.42. The summed E-state index contributed by atoms with van der Waals surface area (Å²) in [6, 6.07) is 4.04. The molecule has 2 rings (SSSR count). The van der Waals surface area contributed by atoms with Gasteiger partial charge in [-0.05, 0) is 31.4 Å². The van der Waals surface area contributed by atoms with Crippen molar-refractivity contribution >= 4 is 21.4 Å². The van der Waals surface area contributed by atoms with Crippen LogP contribution in [0.15, 0.2) is 23.1 Å². The second kappa shape index (κ2) is 5.96. The van der Waals surface area contributed by atoms with E-state index in [1.807, 2.05) is 0 Å². The van der Waals surface area contributed by atoms with Gasteiger partial charge in [0.05, 0.1) is 11.0 Å². The summed E-state index contributed by atoms with van der Waals surface area (Å²) in [6.07, 6.45) is 2.49. The Kier molecular flexibility index (Phi) is 4.45. The molecule has 8 nitrogen and oxygen atoms in total. The predicted octanol–water partition coefficient (Wildman–Crippen LogP) is 1.22. The molecule has 1 fully saturated rings. The first kappa shape index (κ1) is 15.7. The van der Waals surface area contributed by atoms with E-state index >= 15 is 0 Å². The molecular weight excluding hydrogens is 298 g/mol. The van der Waals surface area contributed by atoms with Gasteiger partial charge in [0.2, 0.25) is 10.0 Å². The van der Waals surface area contributed by atoms with Gasteiger partial charge in [-0.2, -0.15) is 0 Å². The standard InChI is InChI=1S/C12H17N3O5S/c1-20-9-6-5-8(7-9)14-10-3-2-4-11(21(13,18)19)12(10)15(16)17/h2-4,8-9,14H,5-7H2,1H3,(H2,13,18,19). The summed E-state index contributed by atoms with van der Waals surface area (Å²) in [5.74, 6) is 0. The summed E-state index contributed by atoms with van der Waals surface area (Å²) >= 11 is 0. The molecule has 116 valence electrons. The number of hydrogen-bond donors (Lipinski definition) is 2. The number of anilines is 1. The van der Waals surface area contributed by atoms with Crippen LogP contribution >= 0.6 is 0 Å². The van der Waals surface area contributed by atoms with Gasteiger partial charge in [-0.15, -0.1) is 0 Å². The van der Waals surface area contributed by atoms with Gasteiger partial charge >= 0.3 is 5.69 Å². The lowest BCUT2D eigenvalue weighted by atomic mass is 10.2. The number of hydrogen-bond acceptors (Lipinski definition) is 6. The van der Waals surface area contributed by atoms with Crippen molar-refractivity contribution < 1.29 is 18.1 Å². The van der Waals surface area contributed by atoms with E-state index in [-0.39, 0.29) is 17.8 Å². The highest BCUT2D eigenvalue weighted by Crippen LogP contribution is 2.34. The molecule has 0 spiro atoms. The largest absolute Gasteiger partial charge is 0.381 e. The third kappa shape index (κ3) is 3.49. The molecule has 0 aromatic heterocycles. The maximum absolute atomic E-state index is 11.5. The highest BCUT2D eigenvalue weighted by atomic mass is 32.2. The van der Waals surface area contributed by atoms with E-state index < -0.39 is 25.5 Å². The first-order chi connectivity index (χ1) is 9.82. The van der Waals surface area contributed by atoms with Gasteiger partial charge in [0.1, 0.15) is 5.69 Å². The predicted molar refractivity (Wildman–Crippen MR) is 76.5 cm³/mol. The normalized spacial score (nSPS) is 22.2. The molecule has 1 aromatic rings. The molecule has 9 heteroatoms. The van der Waals surface area contributed by atoms with E-state index in [2.05, 4.69) is 5.32 Å². The lowest BCUT2D eigenvalue weighted by molar-refractivity contribution is -0.386. The Bertz CT molecular complexity index is 646. The number of nitro groups is 1. The third-order valence-electron chi connectivity index (χ3n) is 3.57. The smallest absolute Gasteiger partial charge is 0.312 e. The van der Waals surface area contributed by atoms with E-state index in [9.17, 15) is 18.5 Å². The average Bonchev–Trinajstić information content (AvgIpc) is 2.85. The summed E-state index contributed by atoms with van der Waals surface area (Å²) in [4.78, 5) is 9.99. The number of benzene rings is 1. The average molecular weight is 315 g/mol. The van der Waals surface area contributed by atoms with E-state index in [0.717, 1.165) is 18.9 Å². The number of ether oxygens (including phenoxy) is 1. The molecule has 3 N–H and O–H groups in total. The van der Waals surface area contributed by atoms with Crippen molar-refractivity contribution in [2.45, 2.75) is 36.3 Å². The van der Waals surface area contributed by atoms with Crippen molar-refractivity contribution in [1.29, 1.82) is 0 Å². The number of nitrogens with two attached hydrogens (primary N) is 1. The van der Waals surface area contributed by atoms with Crippen LogP contribution < -0.4 is 10.5 Å². The van der Waals surface area contributed by atoms with Crippen molar-refractivity contribution in [3.8, 4) is 0 Å². The zero-order chi connectivity index (χ0) is 15.6. The molecule has 0 amide bonds. The minimum Gasteiger partial charge on any atom is -0.381 e. The number of nitrogens with zero attached hydrogens (tertiary/aromatic N) is 1. The summed E-state index contributed by atoms with van der Waals surface area (Å²) in [5, 5.41) is 19.3. The van der Waals surface area contributed by atoms with Gasteiger partial charge < -0.3 is 10.1 Å². The molecule has 0 radical (unpaired) electrons. The SMILES string of the molecule is COC1CCC(Nc2cccc(S(N)(=O)=O)c2[N+](=O)[O-])C1. The Morgan fingerprint density at radius 2 is 2.14 bits per heavy atom. The van der Waals surface area contributed by atoms with Crippen LogP contribution in [-0.4, -0.2) is 32.6 Å². The maximum Gasteiger partial charge on any atom is 0.312 e. The highest BCUT2D eigenvalue weighted by Gasteiger charge is 2.30. The van der Waals surface area contributed by atoms with Crippen LogP contribution in [0.4, 0.5) is 11.4 Å². The molecule has 2 unspecified atom stereocenters. The van der Waals surface area contributed by atoms with E-state index in [1.54, 1.807) is 7.11 Å². The number of methoxy groups -OCH3 is 1. The number of rotatable bonds is 5. The van der Waals surface area contributed by atoms with Gasteiger partial charge in [0, 0.05) is 13.2 Å². The Hall–Kier alpha value is -1.71. The van der Waals surface area contributed by atoms with Gasteiger partial charge in [0.15, 0.2) is 4.90 Å². The Labute approximate surface area is 122 Å². The minimum absolute atomic E-state index is 0.00405. The summed E-state index contributed by atoms with van der Waals surface area (Å²) in [6.45, 7) is 0. The second-order valence-corrected chi connectivity index (χ2v) is 6.50. The molecule has 0 aliphatic heterocycles. The lowest BCUT2D eigenvalue weighted by Gasteiger charge is -2.15. The molecule has 1 aliphatic rings. The van der Waals surface area contributed by atoms with Gasteiger partial charge in [-0.1, -0.05) is 6.07 Å². The summed E-state index contributed by atoms with van der Waals surface area (Å²) < 4.78 is 28.2. The van der Waals surface area contributed by atoms with Crippen molar-refractivity contribution in [1.82, 2.24) is 0 Å². The molecular formula is C12H17N3O5S. The molecule has 21 heavy (non-hydrogen) atoms. The van der Waals surface area contributed by atoms with Crippen molar-refractivity contribution in [3.05, 3.63) is 28.3 Å².